The molecule has 8 heteroatoms. The van der Waals surface area contributed by atoms with E-state index in [9.17, 15) is 9.59 Å². The molecule has 0 radical (unpaired) electrons. The van der Waals surface area contributed by atoms with E-state index in [0.29, 0.717) is 23.0 Å². The molecule has 1 amide bonds. The van der Waals surface area contributed by atoms with Gasteiger partial charge in [0.1, 0.15) is 25.5 Å². The standard InChI is InChI=1S/C21H25NO7/c1-14-6-5-7-16(10-14)28-8-9-29-19(23)13-22-21(24)15-11-17(25-2)20(27-4)18(12-15)26-3/h5-7,10-12H,8-9,13H2,1-4H3,(H,22,24). The fraction of sp³-hybridized carbons (Fsp3) is 0.333. The van der Waals surface area contributed by atoms with Crippen molar-refractivity contribution < 1.29 is 33.3 Å². The second kappa shape index (κ2) is 10.8. The summed E-state index contributed by atoms with van der Waals surface area (Å²) in [6.07, 6.45) is 0. The summed E-state index contributed by atoms with van der Waals surface area (Å²) in [6.45, 7) is 1.98. The number of rotatable bonds is 10. The summed E-state index contributed by atoms with van der Waals surface area (Å²) in [5.41, 5.74) is 1.34. The maximum absolute atomic E-state index is 12.3. The van der Waals surface area contributed by atoms with Gasteiger partial charge in [-0.15, -0.1) is 0 Å². The van der Waals surface area contributed by atoms with Crippen molar-refractivity contribution in [1.29, 1.82) is 0 Å². The molecule has 2 aromatic carbocycles. The molecular formula is C21H25NO7. The Morgan fingerprint density at radius 2 is 1.62 bits per heavy atom. The summed E-state index contributed by atoms with van der Waals surface area (Å²) in [5.74, 6) is 0.716. The lowest BCUT2D eigenvalue weighted by Gasteiger charge is -2.14. The topological polar surface area (TPSA) is 92.3 Å². The second-order valence-electron chi connectivity index (χ2n) is 5.98. The van der Waals surface area contributed by atoms with E-state index in [-0.39, 0.29) is 25.3 Å². The minimum Gasteiger partial charge on any atom is -0.493 e. The number of hydrogen-bond donors (Lipinski definition) is 1. The molecule has 0 aliphatic heterocycles. The molecule has 0 saturated heterocycles. The molecule has 1 N–H and O–H groups in total. The molecule has 29 heavy (non-hydrogen) atoms. The van der Waals surface area contributed by atoms with Gasteiger partial charge in [-0.05, 0) is 36.8 Å². The number of amides is 1. The molecule has 0 aromatic heterocycles. The highest BCUT2D eigenvalue weighted by Gasteiger charge is 2.17. The largest absolute Gasteiger partial charge is 0.493 e. The van der Waals surface area contributed by atoms with E-state index in [1.54, 1.807) is 0 Å². The number of nitrogens with one attached hydrogen (secondary N) is 1. The van der Waals surface area contributed by atoms with Crippen LogP contribution in [0.2, 0.25) is 0 Å². The van der Waals surface area contributed by atoms with Gasteiger partial charge in [0, 0.05) is 5.56 Å². The van der Waals surface area contributed by atoms with Crippen molar-refractivity contribution in [2.24, 2.45) is 0 Å². The van der Waals surface area contributed by atoms with E-state index in [2.05, 4.69) is 5.32 Å². The molecular weight excluding hydrogens is 378 g/mol. The van der Waals surface area contributed by atoms with Gasteiger partial charge in [-0.25, -0.2) is 0 Å². The zero-order valence-electron chi connectivity index (χ0n) is 16.9. The Balaban J connectivity index is 1.81. The van der Waals surface area contributed by atoms with E-state index in [1.807, 2.05) is 31.2 Å². The molecule has 0 atom stereocenters. The first-order chi connectivity index (χ1) is 14.0. The van der Waals surface area contributed by atoms with Gasteiger partial charge in [-0.3, -0.25) is 9.59 Å². The number of aryl methyl sites for hydroxylation is 1. The van der Waals surface area contributed by atoms with Gasteiger partial charge in [0.05, 0.1) is 21.3 Å². The van der Waals surface area contributed by atoms with Gasteiger partial charge < -0.3 is 29.0 Å². The fourth-order valence-electron chi connectivity index (χ4n) is 2.54. The average molecular weight is 403 g/mol. The highest BCUT2D eigenvalue weighted by atomic mass is 16.6. The van der Waals surface area contributed by atoms with Crippen LogP contribution in [-0.4, -0.2) is 53.0 Å². The molecule has 0 unspecified atom stereocenters. The number of benzene rings is 2. The smallest absolute Gasteiger partial charge is 0.325 e. The van der Waals surface area contributed by atoms with E-state index in [4.69, 9.17) is 23.7 Å². The van der Waals surface area contributed by atoms with Gasteiger partial charge >= 0.3 is 5.97 Å². The fourth-order valence-corrected chi connectivity index (χ4v) is 2.54. The molecule has 0 fully saturated rings. The number of hydrogen-bond acceptors (Lipinski definition) is 7. The summed E-state index contributed by atoms with van der Waals surface area (Å²) in [6, 6.07) is 10.6. The lowest BCUT2D eigenvalue weighted by Crippen LogP contribution is -2.31. The zero-order chi connectivity index (χ0) is 21.2. The van der Waals surface area contributed by atoms with Crippen molar-refractivity contribution >= 4 is 11.9 Å². The van der Waals surface area contributed by atoms with Crippen LogP contribution >= 0.6 is 0 Å². The molecule has 2 aromatic rings. The molecule has 0 saturated carbocycles. The van der Waals surface area contributed by atoms with E-state index >= 15 is 0 Å². The van der Waals surface area contributed by atoms with Gasteiger partial charge in [-0.2, -0.15) is 0 Å². The van der Waals surface area contributed by atoms with Crippen LogP contribution in [0.15, 0.2) is 36.4 Å². The molecule has 0 heterocycles. The van der Waals surface area contributed by atoms with Crippen LogP contribution in [0.5, 0.6) is 23.0 Å². The first-order valence-electron chi connectivity index (χ1n) is 8.91. The van der Waals surface area contributed by atoms with Crippen molar-refractivity contribution in [2.45, 2.75) is 6.92 Å². The third-order valence-electron chi connectivity index (χ3n) is 3.92. The average Bonchev–Trinajstić information content (AvgIpc) is 2.73. The summed E-state index contributed by atoms with van der Waals surface area (Å²) in [5, 5.41) is 2.50. The maximum atomic E-state index is 12.3. The van der Waals surface area contributed by atoms with Crippen molar-refractivity contribution in [3.8, 4) is 23.0 Å². The molecule has 0 spiro atoms. The molecule has 0 bridgehead atoms. The maximum Gasteiger partial charge on any atom is 0.325 e. The van der Waals surface area contributed by atoms with Crippen molar-refractivity contribution in [1.82, 2.24) is 5.32 Å². The predicted molar refractivity (Wildman–Crippen MR) is 106 cm³/mol. The van der Waals surface area contributed by atoms with E-state index in [1.165, 1.54) is 33.5 Å². The predicted octanol–water partition coefficient (Wildman–Crippen LogP) is 2.37. The first kappa shape index (κ1) is 21.9. The highest BCUT2D eigenvalue weighted by Crippen LogP contribution is 2.38. The van der Waals surface area contributed by atoms with Crippen LogP contribution < -0.4 is 24.3 Å². The minimum atomic E-state index is -0.571. The summed E-state index contributed by atoms with van der Waals surface area (Å²) >= 11 is 0. The normalized spacial score (nSPS) is 10.1. The quantitative estimate of drug-likeness (QED) is 0.481. The Bertz CT molecular complexity index is 826. The Hall–Kier alpha value is -3.42. The summed E-state index contributed by atoms with van der Waals surface area (Å²) < 4.78 is 26.2. The number of methoxy groups -OCH3 is 3. The molecule has 0 aliphatic carbocycles. The number of carbonyl (C=O) groups is 2. The van der Waals surface area contributed by atoms with Crippen LogP contribution in [0.25, 0.3) is 0 Å². The third-order valence-corrected chi connectivity index (χ3v) is 3.92. The van der Waals surface area contributed by atoms with Gasteiger partial charge in [-0.1, -0.05) is 12.1 Å². The van der Waals surface area contributed by atoms with E-state index < -0.39 is 11.9 Å². The van der Waals surface area contributed by atoms with Crippen molar-refractivity contribution in [2.75, 3.05) is 41.1 Å². The van der Waals surface area contributed by atoms with Gasteiger partial charge in [0.25, 0.3) is 5.91 Å². The number of carbonyl (C=O) groups excluding carboxylic acids is 2. The summed E-state index contributed by atoms with van der Waals surface area (Å²) in [7, 11) is 4.38. The van der Waals surface area contributed by atoms with Gasteiger partial charge in [0.2, 0.25) is 5.75 Å². The number of esters is 1. The van der Waals surface area contributed by atoms with Crippen molar-refractivity contribution in [3.63, 3.8) is 0 Å². The Morgan fingerprint density at radius 3 is 2.21 bits per heavy atom. The van der Waals surface area contributed by atoms with Crippen LogP contribution in [-0.2, 0) is 9.53 Å². The van der Waals surface area contributed by atoms with Crippen LogP contribution in [0.3, 0.4) is 0 Å². The number of ether oxygens (including phenoxy) is 5. The Morgan fingerprint density at radius 1 is 0.931 bits per heavy atom. The third kappa shape index (κ3) is 6.31. The Kier molecular flexibility index (Phi) is 8.14. The van der Waals surface area contributed by atoms with Crippen LogP contribution in [0, 0.1) is 6.92 Å². The molecule has 0 aliphatic rings. The van der Waals surface area contributed by atoms with Crippen molar-refractivity contribution in [3.05, 3.63) is 47.5 Å². The zero-order valence-corrected chi connectivity index (χ0v) is 16.9. The lowest BCUT2D eigenvalue weighted by atomic mass is 10.1. The SMILES string of the molecule is COc1cc(C(=O)NCC(=O)OCCOc2cccc(C)c2)cc(OC)c1OC. The van der Waals surface area contributed by atoms with E-state index in [0.717, 1.165) is 5.56 Å². The Labute approximate surface area is 169 Å². The van der Waals surface area contributed by atoms with Crippen LogP contribution in [0.1, 0.15) is 15.9 Å². The highest BCUT2D eigenvalue weighted by molar-refractivity contribution is 5.97. The van der Waals surface area contributed by atoms with Crippen LogP contribution in [0.4, 0.5) is 0 Å². The first-order valence-corrected chi connectivity index (χ1v) is 8.91. The summed E-state index contributed by atoms with van der Waals surface area (Å²) in [4.78, 5) is 24.2. The molecule has 8 nitrogen and oxygen atoms in total. The monoisotopic (exact) mass is 403 g/mol. The molecule has 2 rings (SSSR count). The minimum absolute atomic E-state index is 0.0762. The lowest BCUT2D eigenvalue weighted by molar-refractivity contribution is -0.143. The van der Waals surface area contributed by atoms with Gasteiger partial charge in [0.15, 0.2) is 11.5 Å². The second-order valence-corrected chi connectivity index (χ2v) is 5.98. The molecule has 156 valence electrons.